The fourth-order valence-corrected chi connectivity index (χ4v) is 4.49. The van der Waals surface area contributed by atoms with E-state index < -0.39 is 6.10 Å². The van der Waals surface area contributed by atoms with Crippen LogP contribution in [0.2, 0.25) is 0 Å². The second kappa shape index (κ2) is 23.6. The van der Waals surface area contributed by atoms with Gasteiger partial charge in [-0.15, -0.1) is 0 Å². The number of aliphatic hydroxyl groups is 1. The molecule has 1 N–H and O–H groups in total. The molecule has 0 aromatic carbocycles. The number of aliphatic hydroxyl groups excluding tert-OH is 1. The summed E-state index contributed by atoms with van der Waals surface area (Å²) >= 11 is 0. The Morgan fingerprint density at radius 3 is 1.31 bits per heavy atom. The molecule has 0 aliphatic carbocycles. The van der Waals surface area contributed by atoms with Crippen LogP contribution in [0.3, 0.4) is 0 Å². The van der Waals surface area contributed by atoms with Gasteiger partial charge in [0.2, 0.25) is 5.91 Å². The molecule has 2 unspecified atom stereocenters. The van der Waals surface area contributed by atoms with E-state index in [2.05, 4.69) is 13.8 Å². The molecular weight excluding hydrogens is 394 g/mol. The average Bonchev–Trinajstić information content (AvgIpc) is 2.78. The molecule has 0 saturated carbocycles. The third-order valence-corrected chi connectivity index (χ3v) is 7.01. The lowest BCUT2D eigenvalue weighted by atomic mass is 10.0. The summed E-state index contributed by atoms with van der Waals surface area (Å²) in [7, 11) is 0. The Labute approximate surface area is 202 Å². The van der Waals surface area contributed by atoms with Gasteiger partial charge < -0.3 is 10.0 Å². The van der Waals surface area contributed by atoms with E-state index in [1.165, 1.54) is 109 Å². The predicted octanol–water partition coefficient (Wildman–Crippen LogP) is 8.82. The number of unbranched alkanes of at least 4 members (excludes halogenated alkanes) is 18. The molecule has 3 heteroatoms. The van der Waals surface area contributed by atoms with Crippen LogP contribution in [0.1, 0.15) is 163 Å². The second-order valence-corrected chi connectivity index (χ2v) is 10.2. The molecule has 2 atom stereocenters. The maximum Gasteiger partial charge on any atom is 0.222 e. The number of hydrogen-bond acceptors (Lipinski definition) is 2. The van der Waals surface area contributed by atoms with Crippen molar-refractivity contribution in [1.29, 1.82) is 0 Å². The van der Waals surface area contributed by atoms with Gasteiger partial charge in [-0.05, 0) is 26.7 Å². The summed E-state index contributed by atoms with van der Waals surface area (Å²) in [6, 6.07) is -0.0795. The highest BCUT2D eigenvalue weighted by atomic mass is 16.3. The van der Waals surface area contributed by atoms with Gasteiger partial charge in [0, 0.05) is 13.0 Å². The van der Waals surface area contributed by atoms with E-state index in [-0.39, 0.29) is 11.9 Å². The van der Waals surface area contributed by atoms with Crippen molar-refractivity contribution in [2.45, 2.75) is 175 Å². The van der Waals surface area contributed by atoms with Crippen molar-refractivity contribution in [1.82, 2.24) is 4.90 Å². The topological polar surface area (TPSA) is 40.5 Å². The number of rotatable bonds is 24. The smallest absolute Gasteiger partial charge is 0.222 e. The normalized spacial score (nSPS) is 13.3. The van der Waals surface area contributed by atoms with Gasteiger partial charge in [-0.25, -0.2) is 0 Å². The first-order valence-corrected chi connectivity index (χ1v) is 14.5. The third-order valence-electron chi connectivity index (χ3n) is 7.01. The summed E-state index contributed by atoms with van der Waals surface area (Å²) in [5.74, 6) is 0.244. The summed E-state index contributed by atoms with van der Waals surface area (Å²) in [6.07, 6.45) is 26.2. The molecule has 192 valence electrons. The first-order valence-electron chi connectivity index (χ1n) is 14.5. The van der Waals surface area contributed by atoms with Crippen molar-refractivity contribution in [2.24, 2.45) is 0 Å². The summed E-state index contributed by atoms with van der Waals surface area (Å²) in [4.78, 5) is 14.8. The van der Waals surface area contributed by atoms with Gasteiger partial charge in [0.15, 0.2) is 0 Å². The molecule has 0 aliphatic heterocycles. The molecule has 0 bridgehead atoms. The molecular formula is C29H59NO2. The molecule has 0 aliphatic rings. The van der Waals surface area contributed by atoms with E-state index in [9.17, 15) is 9.90 Å². The summed E-state index contributed by atoms with van der Waals surface area (Å²) in [5, 5.41) is 10.1. The number of nitrogens with zero attached hydrogens (tertiary/aromatic N) is 1. The Hall–Kier alpha value is -0.570. The lowest BCUT2D eigenvalue weighted by molar-refractivity contribution is -0.135. The Morgan fingerprint density at radius 1 is 0.594 bits per heavy atom. The molecule has 0 fully saturated rings. The van der Waals surface area contributed by atoms with Gasteiger partial charge in [-0.2, -0.15) is 0 Å². The van der Waals surface area contributed by atoms with E-state index in [1.807, 2.05) is 18.7 Å². The second-order valence-electron chi connectivity index (χ2n) is 10.2. The van der Waals surface area contributed by atoms with Crippen LogP contribution < -0.4 is 0 Å². The molecule has 1 amide bonds. The summed E-state index contributed by atoms with van der Waals surface area (Å²) in [6.45, 7) is 9.14. The molecule has 0 radical (unpaired) electrons. The molecule has 0 spiro atoms. The standard InChI is InChI=1S/C29H59NO2/c1-5-7-9-11-13-15-16-18-20-22-24-26-30(27(3)28(4)31)29(32)25-23-21-19-17-14-12-10-8-6-2/h27-28,31H,5-26H2,1-4H3. The van der Waals surface area contributed by atoms with Gasteiger partial charge in [0.1, 0.15) is 0 Å². The van der Waals surface area contributed by atoms with E-state index in [4.69, 9.17) is 0 Å². The van der Waals surface area contributed by atoms with Crippen molar-refractivity contribution in [3.05, 3.63) is 0 Å². The zero-order valence-corrected chi connectivity index (χ0v) is 22.5. The minimum Gasteiger partial charge on any atom is -0.391 e. The molecule has 0 aromatic rings. The highest BCUT2D eigenvalue weighted by Crippen LogP contribution is 2.15. The fraction of sp³-hybridized carbons (Fsp3) is 0.966. The van der Waals surface area contributed by atoms with Crippen molar-refractivity contribution in [3.63, 3.8) is 0 Å². The van der Waals surface area contributed by atoms with Gasteiger partial charge in [0.05, 0.1) is 12.1 Å². The van der Waals surface area contributed by atoms with Crippen LogP contribution in [0.25, 0.3) is 0 Å². The Balaban J connectivity index is 3.91. The Bertz CT molecular complexity index is 397. The Morgan fingerprint density at radius 2 is 0.938 bits per heavy atom. The highest BCUT2D eigenvalue weighted by molar-refractivity contribution is 5.76. The van der Waals surface area contributed by atoms with Crippen LogP contribution in [-0.4, -0.2) is 34.6 Å². The first kappa shape index (κ1) is 31.4. The summed E-state index contributed by atoms with van der Waals surface area (Å²) < 4.78 is 0. The zero-order chi connectivity index (χ0) is 23.9. The zero-order valence-electron chi connectivity index (χ0n) is 22.5. The van der Waals surface area contributed by atoms with Crippen molar-refractivity contribution in [3.8, 4) is 0 Å². The SMILES string of the molecule is CCCCCCCCCCCCCN(C(=O)CCCCCCCCCCC)C(C)C(C)O. The van der Waals surface area contributed by atoms with Crippen LogP contribution in [0.4, 0.5) is 0 Å². The molecule has 0 rings (SSSR count). The molecule has 0 aromatic heterocycles. The van der Waals surface area contributed by atoms with Crippen LogP contribution in [-0.2, 0) is 4.79 Å². The Kier molecular flexibility index (Phi) is 23.2. The maximum absolute atomic E-state index is 12.8. The summed E-state index contributed by atoms with van der Waals surface area (Å²) in [5.41, 5.74) is 0. The molecule has 32 heavy (non-hydrogen) atoms. The average molecular weight is 454 g/mol. The minimum absolute atomic E-state index is 0.0795. The monoisotopic (exact) mass is 453 g/mol. The van der Waals surface area contributed by atoms with Crippen LogP contribution in [0.15, 0.2) is 0 Å². The van der Waals surface area contributed by atoms with Gasteiger partial charge in [-0.3, -0.25) is 4.79 Å². The van der Waals surface area contributed by atoms with Crippen molar-refractivity contribution < 1.29 is 9.90 Å². The van der Waals surface area contributed by atoms with Crippen LogP contribution in [0.5, 0.6) is 0 Å². The number of hydrogen-bond donors (Lipinski definition) is 1. The number of carbonyl (C=O) groups excluding carboxylic acids is 1. The molecule has 0 saturated heterocycles. The minimum atomic E-state index is -0.463. The predicted molar refractivity (Wildman–Crippen MR) is 141 cm³/mol. The largest absolute Gasteiger partial charge is 0.391 e. The van der Waals surface area contributed by atoms with E-state index in [0.29, 0.717) is 6.42 Å². The van der Waals surface area contributed by atoms with Crippen molar-refractivity contribution in [2.75, 3.05) is 6.54 Å². The van der Waals surface area contributed by atoms with Crippen LogP contribution in [0, 0.1) is 0 Å². The lowest BCUT2D eigenvalue weighted by Crippen LogP contribution is -2.44. The molecule has 3 nitrogen and oxygen atoms in total. The third kappa shape index (κ3) is 18.9. The lowest BCUT2D eigenvalue weighted by Gasteiger charge is -2.31. The molecule has 0 heterocycles. The van der Waals surface area contributed by atoms with E-state index in [0.717, 1.165) is 25.8 Å². The fourth-order valence-electron chi connectivity index (χ4n) is 4.49. The number of amides is 1. The van der Waals surface area contributed by atoms with E-state index in [1.54, 1.807) is 0 Å². The van der Waals surface area contributed by atoms with Gasteiger partial charge in [-0.1, -0.05) is 129 Å². The van der Waals surface area contributed by atoms with Crippen LogP contribution >= 0.6 is 0 Å². The quantitative estimate of drug-likeness (QED) is 0.148. The number of carbonyl (C=O) groups is 1. The highest BCUT2D eigenvalue weighted by Gasteiger charge is 2.22. The maximum atomic E-state index is 12.8. The van der Waals surface area contributed by atoms with E-state index >= 15 is 0 Å². The van der Waals surface area contributed by atoms with Crippen molar-refractivity contribution >= 4 is 5.91 Å². The van der Waals surface area contributed by atoms with Gasteiger partial charge in [0.25, 0.3) is 0 Å². The first-order chi connectivity index (χ1) is 15.5. The van der Waals surface area contributed by atoms with Gasteiger partial charge >= 0.3 is 0 Å².